The maximum absolute atomic E-state index is 12.1. The zero-order chi connectivity index (χ0) is 27.7. The Hall–Kier alpha value is -3.80. The molecule has 4 rings (SSSR count). The number of aryl methyl sites for hydroxylation is 1. The van der Waals surface area contributed by atoms with E-state index in [1.165, 1.54) is 0 Å². The summed E-state index contributed by atoms with van der Waals surface area (Å²) in [4.78, 5) is 44.1. The summed E-state index contributed by atoms with van der Waals surface area (Å²) in [7, 11) is -3.75. The van der Waals surface area contributed by atoms with E-state index in [2.05, 4.69) is 20.0 Å². The van der Waals surface area contributed by atoms with E-state index in [0.717, 1.165) is 9.87 Å². The van der Waals surface area contributed by atoms with Crippen molar-refractivity contribution in [2.24, 2.45) is 10.9 Å². The Morgan fingerprint density at radius 2 is 1.81 bits per heavy atom. The number of amidine groups is 1. The molecule has 0 saturated carbocycles. The molecular weight excluding hydrogens is 498 g/mol. The second-order valence-electron chi connectivity index (χ2n) is 9.46. The molecule has 2 aliphatic heterocycles. The van der Waals surface area contributed by atoms with Gasteiger partial charge in [0.2, 0.25) is 0 Å². The zero-order valence-corrected chi connectivity index (χ0v) is 22.4. The van der Waals surface area contributed by atoms with Crippen molar-refractivity contribution in [1.82, 2.24) is 14.6 Å². The third-order valence-electron chi connectivity index (χ3n) is 6.29. The number of hydrogen-bond donors (Lipinski definition) is 3. The molecule has 0 bridgehead atoms. The van der Waals surface area contributed by atoms with Crippen LogP contribution in [0.5, 0.6) is 0 Å². The highest BCUT2D eigenvalue weighted by Gasteiger charge is 2.43. The average molecular weight is 530 g/mol. The second-order valence-corrected chi connectivity index (χ2v) is 11.0. The van der Waals surface area contributed by atoms with Crippen LogP contribution < -0.4 is 10.0 Å². The number of aromatic nitrogens is 1. The number of carboxylic acids is 1. The van der Waals surface area contributed by atoms with Crippen molar-refractivity contribution in [3.05, 3.63) is 58.9 Å². The molecule has 37 heavy (non-hydrogen) atoms. The summed E-state index contributed by atoms with van der Waals surface area (Å²) in [5.74, 6) is -1.56. The predicted octanol–water partition coefficient (Wildman–Crippen LogP) is 2.84. The molecule has 2 amide bonds. The monoisotopic (exact) mass is 529 g/mol. The summed E-state index contributed by atoms with van der Waals surface area (Å²) >= 11 is 0. The fourth-order valence-electron chi connectivity index (χ4n) is 3.79. The highest BCUT2D eigenvalue weighted by atomic mass is 32.2. The molecule has 3 heterocycles. The summed E-state index contributed by atoms with van der Waals surface area (Å²) < 4.78 is 26.8. The van der Waals surface area contributed by atoms with Gasteiger partial charge in [0.05, 0.1) is 16.8 Å². The lowest BCUT2D eigenvalue weighted by molar-refractivity contribution is -0.124. The number of aromatic carboxylic acids is 1. The normalized spacial score (nSPS) is 20.0. The molecule has 1 aromatic carbocycles. The summed E-state index contributed by atoms with van der Waals surface area (Å²) in [6.45, 7) is 10.8. The SMILES string of the molecule is CC(C)N1C(=O)c2ccccc2NS1(=O)=O.CCc1cnc(C2=NC(C)(C(C)C)C(=O)N2)c(C(=O)O)c1. The van der Waals surface area contributed by atoms with Crippen molar-refractivity contribution in [2.75, 3.05) is 4.72 Å². The number of carbonyl (C=O) groups excluding carboxylic acids is 2. The molecule has 0 radical (unpaired) electrons. The van der Waals surface area contributed by atoms with Crippen LogP contribution in [0.25, 0.3) is 0 Å². The molecule has 198 valence electrons. The number of carbonyl (C=O) groups is 3. The van der Waals surface area contributed by atoms with Crippen molar-refractivity contribution in [2.45, 2.75) is 59.5 Å². The first-order valence-electron chi connectivity index (χ1n) is 11.8. The molecule has 0 aliphatic carbocycles. The topological polar surface area (TPSA) is 158 Å². The Balaban J connectivity index is 0.000000213. The van der Waals surface area contributed by atoms with Crippen LogP contribution in [0.4, 0.5) is 5.69 Å². The number of aliphatic imine (C=N–C) groups is 1. The van der Waals surface area contributed by atoms with Crippen LogP contribution in [-0.2, 0) is 21.4 Å². The van der Waals surface area contributed by atoms with Crippen LogP contribution in [0.2, 0.25) is 0 Å². The van der Waals surface area contributed by atoms with Gasteiger partial charge in [-0.15, -0.1) is 0 Å². The molecule has 0 spiro atoms. The predicted molar refractivity (Wildman–Crippen MR) is 139 cm³/mol. The zero-order valence-electron chi connectivity index (χ0n) is 21.6. The van der Waals surface area contributed by atoms with E-state index in [1.54, 1.807) is 57.3 Å². The summed E-state index contributed by atoms with van der Waals surface area (Å²) in [6.07, 6.45) is 2.30. The maximum atomic E-state index is 12.1. The van der Waals surface area contributed by atoms with E-state index in [-0.39, 0.29) is 28.9 Å². The molecule has 1 unspecified atom stereocenters. The number of amides is 2. The molecule has 2 aliphatic rings. The fourth-order valence-corrected chi connectivity index (χ4v) is 5.21. The number of nitrogens with one attached hydrogen (secondary N) is 2. The van der Waals surface area contributed by atoms with E-state index in [1.807, 2.05) is 20.8 Å². The third kappa shape index (κ3) is 5.33. The van der Waals surface area contributed by atoms with Crippen LogP contribution in [0.3, 0.4) is 0 Å². The standard InChI is InChI=1S/C15H19N3O3.C10H12N2O3S/c1-5-9-6-10(13(19)20)11(16-7-9)12-17-14(21)15(4,18-12)8(2)3;1-7(2)12-10(13)8-5-3-4-6-9(8)11-16(12,14)15/h6-8H,5H2,1-4H3,(H,19,20)(H,17,18,21);3-7,11H,1-2H3. The van der Waals surface area contributed by atoms with Crippen LogP contribution in [0.15, 0.2) is 41.5 Å². The van der Waals surface area contributed by atoms with E-state index in [9.17, 15) is 27.9 Å². The molecule has 0 fully saturated rings. The van der Waals surface area contributed by atoms with Gasteiger partial charge in [-0.3, -0.25) is 19.3 Å². The fraction of sp³-hybridized carbons (Fsp3) is 0.400. The van der Waals surface area contributed by atoms with Gasteiger partial charge in [-0.05, 0) is 56.9 Å². The number of pyridine rings is 1. The number of nitrogens with zero attached hydrogens (tertiary/aromatic N) is 3. The summed E-state index contributed by atoms with van der Waals surface area (Å²) in [5.41, 5.74) is 0.915. The van der Waals surface area contributed by atoms with Gasteiger partial charge in [0, 0.05) is 12.2 Å². The highest BCUT2D eigenvalue weighted by Crippen LogP contribution is 2.28. The number of hydrogen-bond acceptors (Lipinski definition) is 7. The molecule has 1 aromatic heterocycles. The van der Waals surface area contributed by atoms with Crippen LogP contribution in [0, 0.1) is 5.92 Å². The first kappa shape index (κ1) is 27.8. The molecule has 12 heteroatoms. The van der Waals surface area contributed by atoms with E-state index in [0.29, 0.717) is 17.7 Å². The minimum Gasteiger partial charge on any atom is -0.478 e. The second kappa shape index (κ2) is 10.3. The van der Waals surface area contributed by atoms with Crippen molar-refractivity contribution in [1.29, 1.82) is 0 Å². The highest BCUT2D eigenvalue weighted by molar-refractivity contribution is 7.91. The Morgan fingerprint density at radius 3 is 2.35 bits per heavy atom. The van der Waals surface area contributed by atoms with Gasteiger partial charge in [0.25, 0.3) is 11.8 Å². The Kier molecular flexibility index (Phi) is 7.72. The molecule has 2 aromatic rings. The molecular formula is C25H31N5O6S. The quantitative estimate of drug-likeness (QED) is 0.537. The van der Waals surface area contributed by atoms with Crippen LogP contribution in [0.1, 0.15) is 73.5 Å². The molecule has 0 saturated heterocycles. The number of benzene rings is 1. The van der Waals surface area contributed by atoms with E-state index >= 15 is 0 Å². The number of rotatable bonds is 5. The van der Waals surface area contributed by atoms with Crippen molar-refractivity contribution < 1.29 is 27.9 Å². The number of anilines is 1. The van der Waals surface area contributed by atoms with Crippen LogP contribution >= 0.6 is 0 Å². The minimum atomic E-state index is -3.75. The molecule has 1 atom stereocenters. The first-order chi connectivity index (χ1) is 17.2. The third-order valence-corrected chi connectivity index (χ3v) is 7.87. The lowest BCUT2D eigenvalue weighted by Crippen LogP contribution is -2.48. The molecule has 3 N–H and O–H groups in total. The Morgan fingerprint density at radius 1 is 1.16 bits per heavy atom. The van der Waals surface area contributed by atoms with E-state index < -0.39 is 33.7 Å². The van der Waals surface area contributed by atoms with Crippen LogP contribution in [-0.4, -0.2) is 58.0 Å². The summed E-state index contributed by atoms with van der Waals surface area (Å²) in [6, 6.07) is 7.73. The number of para-hydroxylation sites is 1. The lowest BCUT2D eigenvalue weighted by Gasteiger charge is -2.31. The van der Waals surface area contributed by atoms with Gasteiger partial charge in [-0.1, -0.05) is 32.9 Å². The van der Waals surface area contributed by atoms with E-state index in [4.69, 9.17) is 0 Å². The smallest absolute Gasteiger partial charge is 0.338 e. The van der Waals surface area contributed by atoms with Crippen molar-refractivity contribution >= 4 is 39.5 Å². The molecule has 11 nitrogen and oxygen atoms in total. The van der Waals surface area contributed by atoms with Gasteiger partial charge in [0.1, 0.15) is 11.2 Å². The van der Waals surface area contributed by atoms with Gasteiger partial charge in [0.15, 0.2) is 5.84 Å². The Labute approximate surface area is 216 Å². The largest absolute Gasteiger partial charge is 0.478 e. The van der Waals surface area contributed by atoms with Gasteiger partial charge >= 0.3 is 16.2 Å². The Bertz CT molecular complexity index is 1390. The summed E-state index contributed by atoms with van der Waals surface area (Å²) in [5, 5.41) is 12.0. The number of fused-ring (bicyclic) bond motifs is 1. The minimum absolute atomic E-state index is 0.00167. The average Bonchev–Trinajstić information content (AvgIpc) is 3.13. The van der Waals surface area contributed by atoms with Crippen molar-refractivity contribution in [3.63, 3.8) is 0 Å². The van der Waals surface area contributed by atoms with Gasteiger partial charge < -0.3 is 10.4 Å². The van der Waals surface area contributed by atoms with Gasteiger partial charge in [-0.2, -0.15) is 8.42 Å². The van der Waals surface area contributed by atoms with Crippen molar-refractivity contribution in [3.8, 4) is 0 Å². The van der Waals surface area contributed by atoms with Gasteiger partial charge in [-0.25, -0.2) is 14.1 Å². The first-order valence-corrected chi connectivity index (χ1v) is 13.3. The number of carboxylic acid groups (broad SMARTS) is 1. The maximum Gasteiger partial charge on any atom is 0.338 e. The lowest BCUT2D eigenvalue weighted by atomic mass is 9.89.